The number of carbonyl (C=O) groups excluding carboxylic acids is 2. The third-order valence-electron chi connectivity index (χ3n) is 4.52. The molecule has 1 saturated carbocycles. The minimum Gasteiger partial charge on any atom is -0.480 e. The molecule has 1 fully saturated rings. The quantitative estimate of drug-likeness (QED) is 0.605. The maximum atomic E-state index is 12.3. The fourth-order valence-electron chi connectivity index (χ4n) is 2.96. The summed E-state index contributed by atoms with van der Waals surface area (Å²) in [5, 5.41) is 14.3. The molecule has 1 aromatic rings. The summed E-state index contributed by atoms with van der Waals surface area (Å²) in [5.74, 6) is -0.787. The van der Waals surface area contributed by atoms with Gasteiger partial charge in [-0.25, -0.2) is 0 Å². The second-order valence-corrected chi connectivity index (χ2v) is 7.64. The molecule has 6 nitrogen and oxygen atoms in total. The summed E-state index contributed by atoms with van der Waals surface area (Å²) >= 11 is 1.29. The van der Waals surface area contributed by atoms with Crippen LogP contribution in [0.5, 0.6) is 0 Å². The summed E-state index contributed by atoms with van der Waals surface area (Å²) in [6, 6.07) is 5.93. The van der Waals surface area contributed by atoms with Gasteiger partial charge in [-0.3, -0.25) is 14.4 Å². The van der Waals surface area contributed by atoms with Gasteiger partial charge < -0.3 is 15.7 Å². The Balaban J connectivity index is 1.85. The highest BCUT2D eigenvalue weighted by Gasteiger charge is 2.18. The van der Waals surface area contributed by atoms with E-state index < -0.39 is 17.9 Å². The second-order valence-electron chi connectivity index (χ2n) is 6.63. The van der Waals surface area contributed by atoms with Crippen molar-refractivity contribution in [3.8, 4) is 0 Å². The minimum atomic E-state index is -1.09. The van der Waals surface area contributed by atoms with Crippen LogP contribution in [0, 0.1) is 5.92 Å². The highest BCUT2D eigenvalue weighted by atomic mass is 32.2. The second kappa shape index (κ2) is 10.2. The standard InChI is InChI=1S/C19H26N2O4S/c1-13(19(24)25)21-18(23)15-9-5-6-10-16(15)26-12-17(22)20-11-14-7-3-2-4-8-14/h5-6,9-10,13-14H,2-4,7-8,11-12H2,1H3,(H,20,22)(H,21,23)(H,24,25). The molecule has 0 saturated heterocycles. The summed E-state index contributed by atoms with van der Waals surface area (Å²) in [6.07, 6.45) is 6.13. The average molecular weight is 378 g/mol. The molecular weight excluding hydrogens is 352 g/mol. The van der Waals surface area contributed by atoms with Crippen LogP contribution in [-0.4, -0.2) is 41.2 Å². The zero-order chi connectivity index (χ0) is 18.9. The first-order chi connectivity index (χ1) is 12.5. The number of hydrogen-bond acceptors (Lipinski definition) is 4. The van der Waals surface area contributed by atoms with Gasteiger partial charge in [-0.05, 0) is 37.8 Å². The van der Waals surface area contributed by atoms with Gasteiger partial charge in [0.1, 0.15) is 6.04 Å². The Hall–Kier alpha value is -2.02. The largest absolute Gasteiger partial charge is 0.480 e. The fourth-order valence-corrected chi connectivity index (χ4v) is 3.84. The number of hydrogen-bond donors (Lipinski definition) is 3. The van der Waals surface area contributed by atoms with E-state index in [0.717, 1.165) is 6.54 Å². The van der Waals surface area contributed by atoms with E-state index in [-0.39, 0.29) is 11.7 Å². The molecule has 142 valence electrons. The van der Waals surface area contributed by atoms with Gasteiger partial charge in [0.05, 0.1) is 11.3 Å². The van der Waals surface area contributed by atoms with Gasteiger partial charge in [0.25, 0.3) is 5.91 Å². The molecule has 2 amide bonds. The molecule has 0 aliphatic heterocycles. The zero-order valence-corrected chi connectivity index (χ0v) is 15.8. The van der Waals surface area contributed by atoms with Crippen molar-refractivity contribution in [1.29, 1.82) is 0 Å². The molecule has 2 rings (SSSR count). The van der Waals surface area contributed by atoms with E-state index in [2.05, 4.69) is 10.6 Å². The lowest BCUT2D eigenvalue weighted by atomic mass is 9.89. The predicted molar refractivity (Wildman–Crippen MR) is 101 cm³/mol. The maximum absolute atomic E-state index is 12.3. The van der Waals surface area contributed by atoms with Crippen molar-refractivity contribution in [2.75, 3.05) is 12.3 Å². The van der Waals surface area contributed by atoms with Crippen molar-refractivity contribution in [2.45, 2.75) is 50.0 Å². The first-order valence-corrected chi connectivity index (χ1v) is 9.98. The molecule has 0 heterocycles. The Bertz CT molecular complexity index is 644. The molecule has 1 atom stereocenters. The van der Waals surface area contributed by atoms with Gasteiger partial charge in [0, 0.05) is 11.4 Å². The van der Waals surface area contributed by atoms with Crippen LogP contribution in [0.1, 0.15) is 49.4 Å². The molecule has 3 N–H and O–H groups in total. The summed E-state index contributed by atoms with van der Waals surface area (Å²) in [5.41, 5.74) is 0.380. The van der Waals surface area contributed by atoms with Crippen molar-refractivity contribution in [3.63, 3.8) is 0 Å². The number of carbonyl (C=O) groups is 3. The molecule has 1 unspecified atom stereocenters. The van der Waals surface area contributed by atoms with Gasteiger partial charge in [0.15, 0.2) is 0 Å². The molecule has 1 aliphatic rings. The van der Waals surface area contributed by atoms with Gasteiger partial charge in [-0.1, -0.05) is 31.4 Å². The van der Waals surface area contributed by atoms with Crippen molar-refractivity contribution >= 4 is 29.5 Å². The first kappa shape index (κ1) is 20.3. The van der Waals surface area contributed by atoms with Gasteiger partial charge >= 0.3 is 5.97 Å². The van der Waals surface area contributed by atoms with Crippen LogP contribution in [0.3, 0.4) is 0 Å². The summed E-state index contributed by atoms with van der Waals surface area (Å²) < 4.78 is 0. The minimum absolute atomic E-state index is 0.0466. The van der Waals surface area contributed by atoms with Crippen LogP contribution in [-0.2, 0) is 9.59 Å². The van der Waals surface area contributed by atoms with Crippen LogP contribution in [0.2, 0.25) is 0 Å². The lowest BCUT2D eigenvalue weighted by Gasteiger charge is -2.21. The average Bonchev–Trinajstić information content (AvgIpc) is 2.65. The molecule has 0 aromatic heterocycles. The highest BCUT2D eigenvalue weighted by Crippen LogP contribution is 2.24. The van der Waals surface area contributed by atoms with E-state index in [1.807, 2.05) is 0 Å². The number of rotatable bonds is 8. The van der Waals surface area contributed by atoms with Gasteiger partial charge in [-0.15, -0.1) is 11.8 Å². The molecule has 26 heavy (non-hydrogen) atoms. The highest BCUT2D eigenvalue weighted by molar-refractivity contribution is 8.00. The van der Waals surface area contributed by atoms with Crippen LogP contribution in [0.4, 0.5) is 0 Å². The third kappa shape index (κ3) is 6.37. The van der Waals surface area contributed by atoms with E-state index in [1.54, 1.807) is 24.3 Å². The number of benzene rings is 1. The number of nitrogens with one attached hydrogen (secondary N) is 2. The van der Waals surface area contributed by atoms with Gasteiger partial charge in [-0.2, -0.15) is 0 Å². The number of carboxylic acids is 1. The summed E-state index contributed by atoms with van der Waals surface area (Å²) in [6.45, 7) is 2.13. The third-order valence-corrected chi connectivity index (χ3v) is 5.59. The SMILES string of the molecule is CC(NC(=O)c1ccccc1SCC(=O)NCC1CCCCC1)C(=O)O. The molecule has 1 aromatic carbocycles. The first-order valence-electron chi connectivity index (χ1n) is 8.99. The lowest BCUT2D eigenvalue weighted by Crippen LogP contribution is -2.38. The fraction of sp³-hybridized carbons (Fsp3) is 0.526. The monoisotopic (exact) mass is 378 g/mol. The van der Waals surface area contributed by atoms with Crippen LogP contribution < -0.4 is 10.6 Å². The van der Waals surface area contributed by atoms with Crippen molar-refractivity contribution < 1.29 is 19.5 Å². The van der Waals surface area contributed by atoms with Crippen LogP contribution >= 0.6 is 11.8 Å². The van der Waals surface area contributed by atoms with Crippen LogP contribution in [0.15, 0.2) is 29.2 Å². The summed E-state index contributed by atoms with van der Waals surface area (Å²) in [7, 11) is 0. The number of carboxylic acid groups (broad SMARTS) is 1. The Morgan fingerprint density at radius 2 is 1.88 bits per heavy atom. The number of thioether (sulfide) groups is 1. The number of aliphatic carboxylic acids is 1. The van der Waals surface area contributed by atoms with Gasteiger partial charge in [0.2, 0.25) is 5.91 Å². The normalized spacial score (nSPS) is 15.9. The molecule has 1 aliphatic carbocycles. The lowest BCUT2D eigenvalue weighted by molar-refractivity contribution is -0.138. The Morgan fingerprint density at radius 3 is 2.58 bits per heavy atom. The van der Waals surface area contributed by atoms with E-state index in [0.29, 0.717) is 16.4 Å². The van der Waals surface area contributed by atoms with Crippen molar-refractivity contribution in [1.82, 2.24) is 10.6 Å². The summed E-state index contributed by atoms with van der Waals surface area (Å²) in [4.78, 5) is 35.9. The smallest absolute Gasteiger partial charge is 0.325 e. The van der Waals surface area contributed by atoms with Crippen molar-refractivity contribution in [3.05, 3.63) is 29.8 Å². The Labute approximate surface area is 158 Å². The molecule has 0 bridgehead atoms. The molecular formula is C19H26N2O4S. The molecule has 0 spiro atoms. The van der Waals surface area contributed by atoms with E-state index in [1.165, 1.54) is 50.8 Å². The predicted octanol–water partition coefficient (Wildman–Crippen LogP) is 2.68. The van der Waals surface area contributed by atoms with E-state index >= 15 is 0 Å². The Morgan fingerprint density at radius 1 is 1.19 bits per heavy atom. The Kier molecular flexibility index (Phi) is 7.97. The van der Waals surface area contributed by atoms with E-state index in [4.69, 9.17) is 5.11 Å². The molecule has 7 heteroatoms. The number of amides is 2. The zero-order valence-electron chi connectivity index (χ0n) is 15.0. The topological polar surface area (TPSA) is 95.5 Å². The van der Waals surface area contributed by atoms with E-state index in [9.17, 15) is 14.4 Å². The maximum Gasteiger partial charge on any atom is 0.325 e. The van der Waals surface area contributed by atoms with Crippen molar-refractivity contribution in [2.24, 2.45) is 5.92 Å². The van der Waals surface area contributed by atoms with Crippen LogP contribution in [0.25, 0.3) is 0 Å². The molecule has 0 radical (unpaired) electrons.